The molecule has 3 heteroatoms. The van der Waals surface area contributed by atoms with Crippen LogP contribution in [0.5, 0.6) is 0 Å². The maximum absolute atomic E-state index is 5.62. The van der Waals surface area contributed by atoms with E-state index in [4.69, 9.17) is 4.74 Å². The molecule has 1 unspecified atom stereocenters. The van der Waals surface area contributed by atoms with Gasteiger partial charge in [0.2, 0.25) is 0 Å². The fourth-order valence-corrected chi connectivity index (χ4v) is 1.60. The van der Waals surface area contributed by atoms with Crippen molar-refractivity contribution >= 4 is 0 Å². The standard InChI is InChI=1S/C11H24N2O/c1-11(2,3)13-6-4-5-10-9-12-7-8-14-10/h10,12-13H,4-9H2,1-3H3. The Morgan fingerprint density at radius 2 is 2.21 bits per heavy atom. The smallest absolute Gasteiger partial charge is 0.0700 e. The Balaban J connectivity index is 1.97. The van der Waals surface area contributed by atoms with Crippen LogP contribution in [0.3, 0.4) is 0 Å². The van der Waals surface area contributed by atoms with Crippen molar-refractivity contribution in [2.24, 2.45) is 0 Å². The lowest BCUT2D eigenvalue weighted by molar-refractivity contribution is 0.0223. The Hall–Kier alpha value is -0.120. The van der Waals surface area contributed by atoms with Gasteiger partial charge in [0.1, 0.15) is 0 Å². The molecule has 0 aromatic carbocycles. The highest BCUT2D eigenvalue weighted by Gasteiger charge is 2.13. The molecule has 84 valence electrons. The predicted molar refractivity (Wildman–Crippen MR) is 59.6 cm³/mol. The molecule has 0 aliphatic carbocycles. The van der Waals surface area contributed by atoms with Gasteiger partial charge in [0, 0.05) is 18.6 Å². The molecule has 2 N–H and O–H groups in total. The molecule has 1 rings (SSSR count). The van der Waals surface area contributed by atoms with Crippen molar-refractivity contribution in [2.75, 3.05) is 26.2 Å². The highest BCUT2D eigenvalue weighted by atomic mass is 16.5. The fourth-order valence-electron chi connectivity index (χ4n) is 1.60. The van der Waals surface area contributed by atoms with E-state index in [2.05, 4.69) is 31.4 Å². The van der Waals surface area contributed by atoms with Crippen molar-refractivity contribution in [2.45, 2.75) is 45.3 Å². The van der Waals surface area contributed by atoms with Crippen LogP contribution in [0.15, 0.2) is 0 Å². The molecule has 0 aromatic heterocycles. The Morgan fingerprint density at radius 3 is 2.79 bits per heavy atom. The van der Waals surface area contributed by atoms with Gasteiger partial charge in [-0.15, -0.1) is 0 Å². The van der Waals surface area contributed by atoms with E-state index in [-0.39, 0.29) is 5.54 Å². The Bertz CT molecular complexity index is 148. The first-order chi connectivity index (χ1) is 6.58. The van der Waals surface area contributed by atoms with Crippen LogP contribution >= 0.6 is 0 Å². The van der Waals surface area contributed by atoms with Gasteiger partial charge in [0.05, 0.1) is 12.7 Å². The zero-order valence-electron chi connectivity index (χ0n) is 9.73. The molecule has 1 saturated heterocycles. The van der Waals surface area contributed by atoms with Crippen LogP contribution in [0.4, 0.5) is 0 Å². The summed E-state index contributed by atoms with van der Waals surface area (Å²) in [5.41, 5.74) is 0.242. The molecule has 0 radical (unpaired) electrons. The average molecular weight is 200 g/mol. The largest absolute Gasteiger partial charge is 0.376 e. The van der Waals surface area contributed by atoms with Crippen LogP contribution in [-0.4, -0.2) is 37.9 Å². The van der Waals surface area contributed by atoms with E-state index in [1.54, 1.807) is 0 Å². The third-order valence-electron chi connectivity index (χ3n) is 2.36. The Morgan fingerprint density at radius 1 is 1.43 bits per heavy atom. The summed E-state index contributed by atoms with van der Waals surface area (Å²) in [4.78, 5) is 0. The zero-order chi connectivity index (χ0) is 10.4. The van der Waals surface area contributed by atoms with Gasteiger partial charge in [-0.25, -0.2) is 0 Å². The van der Waals surface area contributed by atoms with E-state index in [0.717, 1.165) is 32.7 Å². The van der Waals surface area contributed by atoms with Crippen LogP contribution in [0.2, 0.25) is 0 Å². The first-order valence-corrected chi connectivity index (χ1v) is 5.65. The third-order valence-corrected chi connectivity index (χ3v) is 2.36. The molecule has 0 saturated carbocycles. The van der Waals surface area contributed by atoms with Crippen LogP contribution in [0, 0.1) is 0 Å². The van der Waals surface area contributed by atoms with Gasteiger partial charge >= 0.3 is 0 Å². The molecule has 1 atom stereocenters. The van der Waals surface area contributed by atoms with Gasteiger partial charge in [-0.1, -0.05) is 0 Å². The number of nitrogens with one attached hydrogen (secondary N) is 2. The first-order valence-electron chi connectivity index (χ1n) is 5.65. The van der Waals surface area contributed by atoms with Gasteiger partial charge in [-0.2, -0.15) is 0 Å². The highest BCUT2D eigenvalue weighted by molar-refractivity contribution is 4.72. The molecule has 0 spiro atoms. The summed E-state index contributed by atoms with van der Waals surface area (Å²) in [6.45, 7) is 10.6. The summed E-state index contributed by atoms with van der Waals surface area (Å²) in [5.74, 6) is 0. The number of hydrogen-bond acceptors (Lipinski definition) is 3. The SMILES string of the molecule is CC(C)(C)NCCCC1CNCCO1. The molecule has 3 nitrogen and oxygen atoms in total. The topological polar surface area (TPSA) is 33.3 Å². The normalized spacial score (nSPS) is 23.8. The summed E-state index contributed by atoms with van der Waals surface area (Å²) in [7, 11) is 0. The first kappa shape index (κ1) is 12.0. The van der Waals surface area contributed by atoms with Crippen molar-refractivity contribution in [1.82, 2.24) is 10.6 Å². The second-order valence-electron chi connectivity index (χ2n) is 5.02. The van der Waals surface area contributed by atoms with E-state index in [0.29, 0.717) is 6.10 Å². The predicted octanol–water partition coefficient (Wildman–Crippen LogP) is 1.14. The number of ether oxygens (including phenoxy) is 1. The zero-order valence-corrected chi connectivity index (χ0v) is 9.73. The van der Waals surface area contributed by atoms with Crippen molar-refractivity contribution in [3.63, 3.8) is 0 Å². The maximum Gasteiger partial charge on any atom is 0.0700 e. The van der Waals surface area contributed by atoms with Crippen molar-refractivity contribution < 1.29 is 4.74 Å². The van der Waals surface area contributed by atoms with Crippen molar-refractivity contribution in [3.8, 4) is 0 Å². The van der Waals surface area contributed by atoms with Crippen molar-refractivity contribution in [3.05, 3.63) is 0 Å². The van der Waals surface area contributed by atoms with E-state index in [9.17, 15) is 0 Å². The summed E-state index contributed by atoms with van der Waals surface area (Å²) >= 11 is 0. The number of hydrogen-bond donors (Lipinski definition) is 2. The number of rotatable bonds is 4. The molecular formula is C11H24N2O. The summed E-state index contributed by atoms with van der Waals surface area (Å²) in [6, 6.07) is 0. The molecule has 1 heterocycles. The molecule has 1 aliphatic heterocycles. The Labute approximate surface area is 87.6 Å². The minimum absolute atomic E-state index is 0.242. The van der Waals surface area contributed by atoms with Gasteiger partial charge in [0.25, 0.3) is 0 Å². The monoisotopic (exact) mass is 200 g/mol. The summed E-state index contributed by atoms with van der Waals surface area (Å²) in [5, 5.41) is 6.83. The molecule has 1 aliphatic rings. The lowest BCUT2D eigenvalue weighted by atomic mass is 10.1. The molecule has 1 fully saturated rings. The van der Waals surface area contributed by atoms with Crippen LogP contribution in [0.1, 0.15) is 33.6 Å². The third kappa shape index (κ3) is 5.58. The number of morpholine rings is 1. The molecule has 0 aromatic rings. The molecular weight excluding hydrogens is 176 g/mol. The minimum Gasteiger partial charge on any atom is -0.376 e. The van der Waals surface area contributed by atoms with Crippen LogP contribution in [-0.2, 0) is 4.74 Å². The van der Waals surface area contributed by atoms with Gasteiger partial charge in [-0.05, 0) is 40.2 Å². The van der Waals surface area contributed by atoms with E-state index in [1.807, 2.05) is 0 Å². The molecule has 0 amide bonds. The second-order valence-corrected chi connectivity index (χ2v) is 5.02. The van der Waals surface area contributed by atoms with Gasteiger partial charge in [0.15, 0.2) is 0 Å². The average Bonchev–Trinajstić information content (AvgIpc) is 2.13. The summed E-state index contributed by atoms with van der Waals surface area (Å²) < 4.78 is 5.62. The quantitative estimate of drug-likeness (QED) is 0.668. The Kier molecular flexibility index (Phi) is 4.85. The van der Waals surface area contributed by atoms with Crippen LogP contribution in [0.25, 0.3) is 0 Å². The van der Waals surface area contributed by atoms with E-state index >= 15 is 0 Å². The lowest BCUT2D eigenvalue weighted by Gasteiger charge is -2.25. The molecule has 0 bridgehead atoms. The molecule has 14 heavy (non-hydrogen) atoms. The fraction of sp³-hybridized carbons (Fsp3) is 1.00. The second kappa shape index (κ2) is 5.69. The van der Waals surface area contributed by atoms with Crippen LogP contribution < -0.4 is 10.6 Å². The maximum atomic E-state index is 5.62. The van der Waals surface area contributed by atoms with Gasteiger partial charge in [-0.3, -0.25) is 0 Å². The summed E-state index contributed by atoms with van der Waals surface area (Å²) in [6.07, 6.45) is 2.80. The highest BCUT2D eigenvalue weighted by Crippen LogP contribution is 2.05. The minimum atomic E-state index is 0.242. The van der Waals surface area contributed by atoms with E-state index in [1.165, 1.54) is 6.42 Å². The van der Waals surface area contributed by atoms with Gasteiger partial charge < -0.3 is 15.4 Å². The van der Waals surface area contributed by atoms with E-state index < -0.39 is 0 Å². The van der Waals surface area contributed by atoms with Crippen molar-refractivity contribution in [1.29, 1.82) is 0 Å². The lowest BCUT2D eigenvalue weighted by Crippen LogP contribution is -2.40.